The van der Waals surface area contributed by atoms with Crippen LogP contribution in [0.5, 0.6) is 11.5 Å². The van der Waals surface area contributed by atoms with Crippen LogP contribution in [0.2, 0.25) is 0 Å². The summed E-state index contributed by atoms with van der Waals surface area (Å²) in [5.74, 6) is 1.79. The molecule has 2 saturated heterocycles. The predicted molar refractivity (Wildman–Crippen MR) is 95.5 cm³/mol. The second kappa shape index (κ2) is 6.70. The standard InChI is InChI=1S/C21H24O4/c1-21(2,15-3-7-17(8-4-15)23-13-19-14-24-19)16-5-9-18(10-6-16)25-20-11-22-12-20/h3-10,19-20H,11-14H2,1-2H3. The highest BCUT2D eigenvalue weighted by atomic mass is 16.6. The Labute approximate surface area is 148 Å². The Morgan fingerprint density at radius 1 is 0.880 bits per heavy atom. The van der Waals surface area contributed by atoms with E-state index >= 15 is 0 Å². The fourth-order valence-corrected chi connectivity index (χ4v) is 2.91. The third kappa shape index (κ3) is 3.80. The Morgan fingerprint density at radius 2 is 1.44 bits per heavy atom. The van der Waals surface area contributed by atoms with Crippen LogP contribution in [0, 0.1) is 0 Å². The molecule has 0 bridgehead atoms. The van der Waals surface area contributed by atoms with Crippen molar-refractivity contribution in [3.8, 4) is 11.5 Å². The molecule has 2 aromatic carbocycles. The zero-order chi connectivity index (χ0) is 17.3. The van der Waals surface area contributed by atoms with E-state index in [1.54, 1.807) is 0 Å². The van der Waals surface area contributed by atoms with E-state index in [1.807, 2.05) is 24.3 Å². The van der Waals surface area contributed by atoms with Gasteiger partial charge in [-0.15, -0.1) is 0 Å². The van der Waals surface area contributed by atoms with Crippen LogP contribution >= 0.6 is 0 Å². The second-order valence-corrected chi connectivity index (χ2v) is 7.22. The molecule has 0 N–H and O–H groups in total. The van der Waals surface area contributed by atoms with E-state index in [4.69, 9.17) is 18.9 Å². The summed E-state index contributed by atoms with van der Waals surface area (Å²) in [5, 5.41) is 0. The van der Waals surface area contributed by atoms with Gasteiger partial charge in [-0.1, -0.05) is 38.1 Å². The van der Waals surface area contributed by atoms with Gasteiger partial charge in [-0.25, -0.2) is 0 Å². The van der Waals surface area contributed by atoms with E-state index in [1.165, 1.54) is 11.1 Å². The Kier molecular flexibility index (Phi) is 4.40. The van der Waals surface area contributed by atoms with E-state index in [-0.39, 0.29) is 17.6 Å². The minimum Gasteiger partial charge on any atom is -0.491 e. The van der Waals surface area contributed by atoms with Gasteiger partial charge in [-0.2, -0.15) is 0 Å². The third-order valence-corrected chi connectivity index (χ3v) is 4.90. The molecule has 25 heavy (non-hydrogen) atoms. The van der Waals surface area contributed by atoms with Crippen molar-refractivity contribution in [3.63, 3.8) is 0 Å². The highest BCUT2D eigenvalue weighted by Crippen LogP contribution is 2.33. The number of epoxide rings is 1. The van der Waals surface area contributed by atoms with Crippen LogP contribution in [0.1, 0.15) is 25.0 Å². The van der Waals surface area contributed by atoms with Gasteiger partial charge in [-0.05, 0) is 35.4 Å². The van der Waals surface area contributed by atoms with Crippen molar-refractivity contribution in [1.29, 1.82) is 0 Å². The largest absolute Gasteiger partial charge is 0.491 e. The molecule has 0 saturated carbocycles. The van der Waals surface area contributed by atoms with E-state index < -0.39 is 0 Å². The molecule has 0 amide bonds. The molecule has 132 valence electrons. The lowest BCUT2D eigenvalue weighted by atomic mass is 9.78. The van der Waals surface area contributed by atoms with Crippen molar-refractivity contribution in [3.05, 3.63) is 59.7 Å². The highest BCUT2D eigenvalue weighted by Gasteiger charge is 2.25. The van der Waals surface area contributed by atoms with E-state index in [0.29, 0.717) is 19.8 Å². The Hall–Kier alpha value is -2.04. The number of hydrogen-bond donors (Lipinski definition) is 0. The summed E-state index contributed by atoms with van der Waals surface area (Å²) in [6.45, 7) is 7.30. The minimum atomic E-state index is -0.0871. The van der Waals surface area contributed by atoms with Crippen molar-refractivity contribution in [1.82, 2.24) is 0 Å². The number of ether oxygens (including phenoxy) is 4. The molecule has 1 atom stereocenters. The molecular formula is C21H24O4. The zero-order valence-corrected chi connectivity index (χ0v) is 14.7. The van der Waals surface area contributed by atoms with Gasteiger partial charge in [0.05, 0.1) is 19.8 Å². The fourth-order valence-electron chi connectivity index (χ4n) is 2.91. The van der Waals surface area contributed by atoms with Gasteiger partial charge in [0.2, 0.25) is 0 Å². The lowest BCUT2D eigenvalue weighted by Gasteiger charge is -2.28. The molecule has 2 fully saturated rings. The van der Waals surface area contributed by atoms with Crippen LogP contribution in [0.3, 0.4) is 0 Å². The van der Waals surface area contributed by atoms with Crippen LogP contribution in [-0.2, 0) is 14.9 Å². The first-order valence-electron chi connectivity index (χ1n) is 8.81. The SMILES string of the molecule is CC(C)(c1ccc(OCC2CO2)cc1)c1ccc(OC2COC2)cc1. The normalized spacial score (nSPS) is 20.0. The summed E-state index contributed by atoms with van der Waals surface area (Å²) < 4.78 is 21.9. The Morgan fingerprint density at radius 3 is 1.92 bits per heavy atom. The van der Waals surface area contributed by atoms with Crippen molar-refractivity contribution >= 4 is 0 Å². The first kappa shape index (κ1) is 16.4. The fraction of sp³-hybridized carbons (Fsp3) is 0.429. The van der Waals surface area contributed by atoms with Crippen LogP contribution < -0.4 is 9.47 Å². The lowest BCUT2D eigenvalue weighted by Crippen LogP contribution is -2.38. The summed E-state index contributed by atoms with van der Waals surface area (Å²) >= 11 is 0. The van der Waals surface area contributed by atoms with Crippen molar-refractivity contribution < 1.29 is 18.9 Å². The molecule has 0 spiro atoms. The van der Waals surface area contributed by atoms with Gasteiger partial charge < -0.3 is 18.9 Å². The van der Waals surface area contributed by atoms with Gasteiger partial charge in [0.1, 0.15) is 30.3 Å². The molecule has 2 aromatic rings. The van der Waals surface area contributed by atoms with Crippen molar-refractivity contribution in [2.24, 2.45) is 0 Å². The van der Waals surface area contributed by atoms with Crippen LogP contribution in [0.4, 0.5) is 0 Å². The molecular weight excluding hydrogens is 316 g/mol. The maximum absolute atomic E-state index is 5.84. The van der Waals surface area contributed by atoms with Gasteiger partial charge in [0, 0.05) is 5.41 Å². The summed E-state index contributed by atoms with van der Waals surface area (Å²) in [5.41, 5.74) is 2.42. The molecule has 0 aromatic heterocycles. The van der Waals surface area contributed by atoms with Gasteiger partial charge >= 0.3 is 0 Å². The van der Waals surface area contributed by atoms with Crippen molar-refractivity contribution in [2.75, 3.05) is 26.4 Å². The van der Waals surface area contributed by atoms with E-state index in [2.05, 4.69) is 38.1 Å². The number of rotatable bonds is 7. The monoisotopic (exact) mass is 340 g/mol. The first-order chi connectivity index (χ1) is 12.1. The second-order valence-electron chi connectivity index (χ2n) is 7.22. The smallest absolute Gasteiger partial charge is 0.145 e. The quantitative estimate of drug-likeness (QED) is 0.723. The third-order valence-electron chi connectivity index (χ3n) is 4.90. The van der Waals surface area contributed by atoms with Crippen LogP contribution in [0.15, 0.2) is 48.5 Å². The predicted octanol–water partition coefficient (Wildman–Crippen LogP) is 3.57. The summed E-state index contributed by atoms with van der Waals surface area (Å²) in [6.07, 6.45) is 0.482. The summed E-state index contributed by atoms with van der Waals surface area (Å²) in [6, 6.07) is 16.7. The average Bonchev–Trinajstić information content (AvgIpc) is 3.42. The van der Waals surface area contributed by atoms with Gasteiger partial charge in [0.15, 0.2) is 0 Å². The lowest BCUT2D eigenvalue weighted by molar-refractivity contribution is -0.0796. The molecule has 0 radical (unpaired) electrons. The molecule has 4 heteroatoms. The van der Waals surface area contributed by atoms with E-state index in [0.717, 1.165) is 18.1 Å². The molecule has 2 aliphatic heterocycles. The molecule has 4 rings (SSSR count). The maximum atomic E-state index is 5.84. The Balaban J connectivity index is 1.43. The maximum Gasteiger partial charge on any atom is 0.145 e. The molecule has 4 nitrogen and oxygen atoms in total. The van der Waals surface area contributed by atoms with Crippen LogP contribution in [-0.4, -0.2) is 38.6 Å². The molecule has 0 aliphatic carbocycles. The summed E-state index contributed by atoms with van der Waals surface area (Å²) in [4.78, 5) is 0. The number of benzene rings is 2. The zero-order valence-electron chi connectivity index (χ0n) is 14.7. The summed E-state index contributed by atoms with van der Waals surface area (Å²) in [7, 11) is 0. The van der Waals surface area contributed by atoms with E-state index in [9.17, 15) is 0 Å². The average molecular weight is 340 g/mol. The molecule has 2 heterocycles. The van der Waals surface area contributed by atoms with Gasteiger partial charge in [-0.3, -0.25) is 0 Å². The highest BCUT2D eigenvalue weighted by molar-refractivity contribution is 5.41. The van der Waals surface area contributed by atoms with Gasteiger partial charge in [0.25, 0.3) is 0 Å². The minimum absolute atomic E-state index is 0.0871. The van der Waals surface area contributed by atoms with Crippen molar-refractivity contribution in [2.45, 2.75) is 31.5 Å². The topological polar surface area (TPSA) is 40.2 Å². The Bertz CT molecular complexity index is 698. The molecule has 2 aliphatic rings. The number of hydrogen-bond acceptors (Lipinski definition) is 4. The first-order valence-corrected chi connectivity index (χ1v) is 8.81. The molecule has 1 unspecified atom stereocenters. The van der Waals surface area contributed by atoms with Crippen LogP contribution in [0.25, 0.3) is 0 Å².